The third kappa shape index (κ3) is 3.58. The Labute approximate surface area is 171 Å². The smallest absolute Gasteiger partial charge is 0.240 e. The zero-order chi connectivity index (χ0) is 19.6. The van der Waals surface area contributed by atoms with Gasteiger partial charge in [0.15, 0.2) is 0 Å². The second-order valence-corrected chi connectivity index (χ2v) is 7.98. The molecule has 1 amide bonds. The molecule has 1 fully saturated rings. The molecule has 2 aliphatic heterocycles. The van der Waals surface area contributed by atoms with Crippen molar-refractivity contribution in [3.63, 3.8) is 0 Å². The molecule has 0 spiro atoms. The van der Waals surface area contributed by atoms with Gasteiger partial charge in [-0.1, -0.05) is 36.4 Å². The lowest BCUT2D eigenvalue weighted by molar-refractivity contribution is -0.135. The van der Waals surface area contributed by atoms with Crippen LogP contribution in [0.5, 0.6) is 0 Å². The van der Waals surface area contributed by atoms with E-state index in [1.807, 2.05) is 23.2 Å². The molecule has 5 heteroatoms. The van der Waals surface area contributed by atoms with E-state index in [4.69, 9.17) is 0 Å². The van der Waals surface area contributed by atoms with Crippen molar-refractivity contribution in [2.24, 2.45) is 0 Å². The number of carbonyl (C=O) groups excluding carboxylic acids is 1. The van der Waals surface area contributed by atoms with E-state index in [1.54, 1.807) is 6.20 Å². The lowest BCUT2D eigenvalue weighted by atomic mass is 9.99. The van der Waals surface area contributed by atoms with Crippen LogP contribution in [-0.2, 0) is 11.3 Å². The predicted octanol–water partition coefficient (Wildman–Crippen LogP) is 3.84. The van der Waals surface area contributed by atoms with Gasteiger partial charge in [0.2, 0.25) is 5.91 Å². The third-order valence-electron chi connectivity index (χ3n) is 6.20. The first-order chi connectivity index (χ1) is 14.3. The Bertz CT molecular complexity index is 1040. The predicted molar refractivity (Wildman–Crippen MR) is 115 cm³/mol. The molecule has 148 valence electrons. The number of H-pyrrole nitrogens is 1. The van der Waals surface area contributed by atoms with Gasteiger partial charge in [-0.15, -0.1) is 0 Å². The molecule has 1 saturated heterocycles. The van der Waals surface area contributed by atoms with Gasteiger partial charge < -0.3 is 9.88 Å². The Morgan fingerprint density at radius 3 is 2.86 bits per heavy atom. The SMILES string of the molecule is O=C(C1CCCN1Cc1ccccc1)N1CC=C(c2c[nH]c3ncccc23)CC1. The standard InChI is InChI=1S/C24H26N4O/c29-24(22-9-5-13-28(22)17-18-6-2-1-3-7-18)27-14-10-19(11-15-27)21-16-26-23-20(21)8-4-12-25-23/h1-4,6-8,10,12,16,22H,5,9,11,13-15,17H2,(H,25,26). The number of carbonyl (C=O) groups is 1. The molecule has 0 bridgehead atoms. The minimum absolute atomic E-state index is 0.0162. The van der Waals surface area contributed by atoms with Crippen LogP contribution in [0.2, 0.25) is 0 Å². The van der Waals surface area contributed by atoms with Crippen molar-refractivity contribution in [1.29, 1.82) is 0 Å². The van der Waals surface area contributed by atoms with Crippen LogP contribution < -0.4 is 0 Å². The summed E-state index contributed by atoms with van der Waals surface area (Å²) in [7, 11) is 0. The summed E-state index contributed by atoms with van der Waals surface area (Å²) in [5.74, 6) is 0.286. The average Bonchev–Trinajstić information content (AvgIpc) is 3.41. The molecule has 1 aromatic carbocycles. The second kappa shape index (κ2) is 7.84. The lowest BCUT2D eigenvalue weighted by Gasteiger charge is -2.32. The van der Waals surface area contributed by atoms with E-state index in [0.29, 0.717) is 6.54 Å². The Morgan fingerprint density at radius 1 is 1.14 bits per heavy atom. The van der Waals surface area contributed by atoms with Gasteiger partial charge in [-0.3, -0.25) is 9.69 Å². The normalized spacial score (nSPS) is 20.2. The number of hydrogen-bond acceptors (Lipinski definition) is 3. The molecule has 2 aliphatic rings. The summed E-state index contributed by atoms with van der Waals surface area (Å²) in [5, 5.41) is 1.16. The fourth-order valence-corrected chi connectivity index (χ4v) is 4.66. The summed E-state index contributed by atoms with van der Waals surface area (Å²) >= 11 is 0. The van der Waals surface area contributed by atoms with Crippen molar-refractivity contribution >= 4 is 22.5 Å². The van der Waals surface area contributed by atoms with Crippen LogP contribution in [0.15, 0.2) is 60.9 Å². The molecule has 0 radical (unpaired) electrons. The fourth-order valence-electron chi connectivity index (χ4n) is 4.66. The summed E-state index contributed by atoms with van der Waals surface area (Å²) in [6, 6.07) is 14.6. The van der Waals surface area contributed by atoms with E-state index in [0.717, 1.165) is 49.9 Å². The molecule has 0 saturated carbocycles. The highest BCUT2D eigenvalue weighted by atomic mass is 16.2. The van der Waals surface area contributed by atoms with Gasteiger partial charge in [0.05, 0.1) is 6.04 Å². The van der Waals surface area contributed by atoms with E-state index >= 15 is 0 Å². The van der Waals surface area contributed by atoms with E-state index in [2.05, 4.69) is 51.3 Å². The molecule has 1 N–H and O–H groups in total. The highest BCUT2D eigenvalue weighted by molar-refractivity contribution is 5.91. The molecular formula is C24H26N4O. The Hall–Kier alpha value is -2.92. The van der Waals surface area contributed by atoms with Crippen LogP contribution >= 0.6 is 0 Å². The number of fused-ring (bicyclic) bond motifs is 1. The number of aromatic nitrogens is 2. The van der Waals surface area contributed by atoms with E-state index in [-0.39, 0.29) is 11.9 Å². The molecule has 2 aromatic heterocycles. The number of aromatic amines is 1. The monoisotopic (exact) mass is 386 g/mol. The number of rotatable bonds is 4. The summed E-state index contributed by atoms with van der Waals surface area (Å²) in [4.78, 5) is 25.3. The molecule has 1 atom stereocenters. The highest BCUT2D eigenvalue weighted by Crippen LogP contribution is 2.29. The van der Waals surface area contributed by atoms with E-state index in [9.17, 15) is 4.79 Å². The van der Waals surface area contributed by atoms with Crippen LogP contribution in [0.1, 0.15) is 30.4 Å². The van der Waals surface area contributed by atoms with Crippen molar-refractivity contribution in [3.8, 4) is 0 Å². The zero-order valence-corrected chi connectivity index (χ0v) is 16.6. The number of benzene rings is 1. The molecule has 0 aliphatic carbocycles. The molecule has 5 nitrogen and oxygen atoms in total. The first kappa shape index (κ1) is 18.1. The quantitative estimate of drug-likeness (QED) is 0.741. The van der Waals surface area contributed by atoms with Crippen molar-refractivity contribution in [3.05, 3.63) is 72.1 Å². The summed E-state index contributed by atoms with van der Waals surface area (Å²) in [5.41, 5.74) is 4.72. The number of hydrogen-bond donors (Lipinski definition) is 1. The number of nitrogens with one attached hydrogen (secondary N) is 1. The zero-order valence-electron chi connectivity index (χ0n) is 16.6. The van der Waals surface area contributed by atoms with Gasteiger partial charge in [0.1, 0.15) is 5.65 Å². The molecular weight excluding hydrogens is 360 g/mol. The number of pyridine rings is 1. The summed E-state index contributed by atoms with van der Waals surface area (Å²) in [6.45, 7) is 3.33. The number of nitrogens with zero attached hydrogens (tertiary/aromatic N) is 3. The fraction of sp³-hybridized carbons (Fsp3) is 0.333. The third-order valence-corrected chi connectivity index (χ3v) is 6.20. The molecule has 1 unspecified atom stereocenters. The van der Waals surface area contributed by atoms with Crippen LogP contribution in [0.25, 0.3) is 16.6 Å². The topological polar surface area (TPSA) is 52.2 Å². The van der Waals surface area contributed by atoms with Crippen molar-refractivity contribution in [2.45, 2.75) is 31.8 Å². The van der Waals surface area contributed by atoms with E-state index in [1.165, 1.54) is 16.7 Å². The van der Waals surface area contributed by atoms with Crippen molar-refractivity contribution < 1.29 is 4.79 Å². The Morgan fingerprint density at radius 2 is 2.03 bits per heavy atom. The highest BCUT2D eigenvalue weighted by Gasteiger charge is 2.34. The van der Waals surface area contributed by atoms with Gasteiger partial charge in [-0.25, -0.2) is 4.98 Å². The van der Waals surface area contributed by atoms with Crippen LogP contribution in [0, 0.1) is 0 Å². The first-order valence-corrected chi connectivity index (χ1v) is 10.5. The van der Waals surface area contributed by atoms with Gasteiger partial charge in [0, 0.05) is 43.0 Å². The van der Waals surface area contributed by atoms with Crippen LogP contribution in [0.3, 0.4) is 0 Å². The lowest BCUT2D eigenvalue weighted by Crippen LogP contribution is -2.46. The van der Waals surface area contributed by atoms with Crippen molar-refractivity contribution in [2.75, 3.05) is 19.6 Å². The minimum atomic E-state index is 0.0162. The van der Waals surface area contributed by atoms with Gasteiger partial charge >= 0.3 is 0 Å². The van der Waals surface area contributed by atoms with Crippen LogP contribution in [-0.4, -0.2) is 51.4 Å². The molecule has 5 rings (SSSR count). The summed E-state index contributed by atoms with van der Waals surface area (Å²) < 4.78 is 0. The maximum Gasteiger partial charge on any atom is 0.240 e. The van der Waals surface area contributed by atoms with Gasteiger partial charge in [-0.2, -0.15) is 0 Å². The average molecular weight is 386 g/mol. The minimum Gasteiger partial charge on any atom is -0.346 e. The second-order valence-electron chi connectivity index (χ2n) is 7.98. The largest absolute Gasteiger partial charge is 0.346 e. The van der Waals surface area contributed by atoms with Gasteiger partial charge in [-0.05, 0) is 49.1 Å². The number of amides is 1. The van der Waals surface area contributed by atoms with E-state index < -0.39 is 0 Å². The number of likely N-dealkylation sites (tertiary alicyclic amines) is 1. The summed E-state index contributed by atoms with van der Waals surface area (Å²) in [6.07, 6.45) is 9.01. The Balaban J connectivity index is 1.28. The molecule has 29 heavy (non-hydrogen) atoms. The van der Waals surface area contributed by atoms with Crippen molar-refractivity contribution in [1.82, 2.24) is 19.8 Å². The maximum atomic E-state index is 13.2. The first-order valence-electron chi connectivity index (χ1n) is 10.5. The molecule has 4 heterocycles. The molecule has 3 aromatic rings. The van der Waals surface area contributed by atoms with Crippen LogP contribution in [0.4, 0.5) is 0 Å². The Kier molecular flexibility index (Phi) is 4.90. The van der Waals surface area contributed by atoms with Gasteiger partial charge in [0.25, 0.3) is 0 Å². The maximum absolute atomic E-state index is 13.2.